The zero-order valence-electron chi connectivity index (χ0n) is 35.6. The Balaban J connectivity index is 1.74. The first-order chi connectivity index (χ1) is 28.0. The van der Waals surface area contributed by atoms with Crippen molar-refractivity contribution >= 4 is 52.4 Å². The van der Waals surface area contributed by atoms with Gasteiger partial charge in [0.1, 0.15) is 23.2 Å². The fourth-order valence-electron chi connectivity index (χ4n) is 5.67. The molecule has 4 amide bonds. The maximum atomic E-state index is 13.7. The second-order valence-electron chi connectivity index (χ2n) is 15.9. The number of alkyl carbamates (subject to hydrolysis) is 1. The molecule has 0 aliphatic rings. The Morgan fingerprint density at radius 3 is 2.02 bits per heavy atom. The Morgan fingerprint density at radius 2 is 1.39 bits per heavy atom. The number of hydrogen-bond donors (Lipinski definition) is 4. The Kier molecular flexibility index (Phi) is 23.9. The summed E-state index contributed by atoms with van der Waals surface area (Å²) in [6, 6.07) is 4.77. The first-order valence-electron chi connectivity index (χ1n) is 20.3. The number of aryl methyl sites for hydroxylation is 1. The van der Waals surface area contributed by atoms with Gasteiger partial charge in [0.2, 0.25) is 17.7 Å². The summed E-state index contributed by atoms with van der Waals surface area (Å²) in [6.07, 6.45) is 3.97. The van der Waals surface area contributed by atoms with E-state index in [1.807, 2.05) is 0 Å². The largest absolute Gasteiger partial charge is 0.444 e. The normalized spacial score (nSPS) is 12.8. The van der Waals surface area contributed by atoms with Gasteiger partial charge in [-0.25, -0.2) is 9.36 Å². The van der Waals surface area contributed by atoms with Gasteiger partial charge in [-0.2, -0.15) is 0 Å². The maximum absolute atomic E-state index is 13.7. The lowest BCUT2D eigenvalue weighted by Crippen LogP contribution is -2.58. The molecule has 19 heteroatoms. The molecule has 0 radical (unpaired) electrons. The molecule has 0 fully saturated rings. The number of benzene rings is 1. The number of ether oxygens (including phenoxy) is 5. The van der Waals surface area contributed by atoms with Gasteiger partial charge in [0.05, 0.1) is 52.8 Å². The smallest absolute Gasteiger partial charge is 0.435 e. The van der Waals surface area contributed by atoms with Crippen LogP contribution in [-0.2, 0) is 44.6 Å². The molecule has 1 aromatic heterocycles. The van der Waals surface area contributed by atoms with Gasteiger partial charge in [0, 0.05) is 32.0 Å². The van der Waals surface area contributed by atoms with Gasteiger partial charge in [-0.1, -0.05) is 50.7 Å². The summed E-state index contributed by atoms with van der Waals surface area (Å²) in [5, 5.41) is 22.7. The molecule has 2 rings (SSSR count). The van der Waals surface area contributed by atoms with Gasteiger partial charge in [0.15, 0.2) is 5.52 Å². The van der Waals surface area contributed by atoms with Crippen LogP contribution in [0.3, 0.4) is 0 Å². The molecular weight excluding hydrogens is 790 g/mol. The van der Waals surface area contributed by atoms with Crippen LogP contribution in [0.1, 0.15) is 86.5 Å². The van der Waals surface area contributed by atoms with Crippen LogP contribution in [0.2, 0.25) is 0 Å². The van der Waals surface area contributed by atoms with E-state index in [0.717, 1.165) is 25.7 Å². The first-order valence-corrected chi connectivity index (χ1v) is 20.9. The van der Waals surface area contributed by atoms with Crippen molar-refractivity contribution in [2.24, 2.45) is 5.41 Å². The van der Waals surface area contributed by atoms with Gasteiger partial charge in [-0.05, 0) is 68.9 Å². The SMILES string of the molecule is CC(C)(C)OC(=O)N[C@@H](CCCn1c([N+](=O)[O-])nc2ccccc21)C(=O)N[C@H](C(=O)NCCOCCOCCC(=O)NCCOCCOCCCCCCCl)C(C)(C)C. The number of hydrogen-bond acceptors (Lipinski definition) is 12. The number of para-hydroxylation sites is 2. The lowest BCUT2D eigenvalue weighted by Gasteiger charge is -2.32. The van der Waals surface area contributed by atoms with E-state index in [1.54, 1.807) is 65.8 Å². The van der Waals surface area contributed by atoms with Crippen LogP contribution in [0.15, 0.2) is 24.3 Å². The summed E-state index contributed by atoms with van der Waals surface area (Å²) in [6.45, 7) is 14.2. The van der Waals surface area contributed by atoms with Crippen molar-refractivity contribution in [3.63, 3.8) is 0 Å². The van der Waals surface area contributed by atoms with Gasteiger partial charge >= 0.3 is 12.0 Å². The Morgan fingerprint density at radius 1 is 0.780 bits per heavy atom. The van der Waals surface area contributed by atoms with Crippen LogP contribution in [0.5, 0.6) is 0 Å². The maximum Gasteiger partial charge on any atom is 0.435 e. The Hall–Kier alpha value is -4.10. The van der Waals surface area contributed by atoms with Crippen LogP contribution in [-0.4, -0.2) is 128 Å². The number of rotatable bonds is 30. The van der Waals surface area contributed by atoms with E-state index in [9.17, 15) is 29.3 Å². The Labute approximate surface area is 352 Å². The van der Waals surface area contributed by atoms with Gasteiger partial charge < -0.3 is 55.1 Å². The number of aromatic nitrogens is 2. The molecular formula is C40H66ClN7O11. The highest BCUT2D eigenvalue weighted by Crippen LogP contribution is 2.23. The van der Waals surface area contributed by atoms with Crippen molar-refractivity contribution in [3.05, 3.63) is 34.4 Å². The van der Waals surface area contributed by atoms with E-state index < -0.39 is 45.9 Å². The molecule has 0 unspecified atom stereocenters. The fourth-order valence-corrected chi connectivity index (χ4v) is 5.86. The number of carbonyl (C=O) groups excluding carboxylic acids is 4. The average Bonchev–Trinajstić information content (AvgIpc) is 3.53. The zero-order chi connectivity index (χ0) is 43.7. The standard InChI is InChI=1S/C40H66ClN7O11/c1-39(2,3)34(36(51)43-20-25-58-29-27-56-23-17-33(49)42-19-24-57-28-26-55-22-12-8-7-11-18-41)46-35(50)31(45-38(52)59-40(4,5)6)15-13-21-47-32-16-10-9-14-30(32)44-37(47)48(53)54/h9-10,14,16,31,34H,7-8,11-13,15,17-29H2,1-6H3,(H,42,49)(H,43,51)(H,45,52)(H,46,50)/t31-,34+/m0/s1. The van der Waals surface area contributed by atoms with E-state index in [4.69, 9.17) is 35.3 Å². The molecule has 2 atom stereocenters. The van der Waals surface area contributed by atoms with Crippen LogP contribution in [0.25, 0.3) is 11.0 Å². The van der Waals surface area contributed by atoms with Crippen molar-refractivity contribution in [1.29, 1.82) is 0 Å². The molecule has 4 N–H and O–H groups in total. The van der Waals surface area contributed by atoms with E-state index in [-0.39, 0.29) is 70.6 Å². The third-order valence-corrected chi connectivity index (χ3v) is 8.87. The number of unbranched alkanes of at least 4 members (excludes halogenated alkanes) is 3. The summed E-state index contributed by atoms with van der Waals surface area (Å²) in [5.74, 6) is -0.842. The monoisotopic (exact) mass is 855 g/mol. The van der Waals surface area contributed by atoms with Crippen LogP contribution in [0, 0.1) is 15.5 Å². The number of nitrogens with zero attached hydrogens (tertiary/aromatic N) is 3. The zero-order valence-corrected chi connectivity index (χ0v) is 36.4. The van der Waals surface area contributed by atoms with E-state index in [1.165, 1.54) is 4.57 Å². The molecule has 0 aliphatic carbocycles. The van der Waals surface area contributed by atoms with Gasteiger partial charge in [0.25, 0.3) is 0 Å². The van der Waals surface area contributed by atoms with Gasteiger partial charge in [-0.15, -0.1) is 11.6 Å². The lowest BCUT2D eigenvalue weighted by atomic mass is 9.85. The van der Waals surface area contributed by atoms with Crippen molar-refractivity contribution in [2.75, 3.05) is 71.8 Å². The van der Waals surface area contributed by atoms with Crippen molar-refractivity contribution < 1.29 is 47.8 Å². The fraction of sp³-hybridized carbons (Fsp3) is 0.725. The van der Waals surface area contributed by atoms with Gasteiger partial charge in [-0.3, -0.25) is 14.4 Å². The summed E-state index contributed by atoms with van der Waals surface area (Å²) in [5.41, 5.74) is -0.529. The molecule has 59 heavy (non-hydrogen) atoms. The summed E-state index contributed by atoms with van der Waals surface area (Å²) in [7, 11) is 0. The van der Waals surface area contributed by atoms with Crippen LogP contribution < -0.4 is 21.3 Å². The lowest BCUT2D eigenvalue weighted by molar-refractivity contribution is -0.396. The van der Waals surface area contributed by atoms with Crippen molar-refractivity contribution in [3.8, 4) is 0 Å². The molecule has 2 aromatic rings. The molecule has 1 aromatic carbocycles. The molecule has 334 valence electrons. The number of imidazole rings is 1. The highest BCUT2D eigenvalue weighted by Gasteiger charge is 2.35. The molecule has 1 heterocycles. The number of halogens is 1. The first kappa shape index (κ1) is 51.0. The minimum atomic E-state index is -1.12. The number of fused-ring (bicyclic) bond motifs is 1. The topological polar surface area (TPSA) is 224 Å². The quantitative estimate of drug-likeness (QED) is 0.0365. The van der Waals surface area contributed by atoms with Crippen molar-refractivity contribution in [2.45, 2.75) is 111 Å². The number of amides is 4. The minimum absolute atomic E-state index is 0.0794. The van der Waals surface area contributed by atoms with E-state index in [2.05, 4.69) is 26.3 Å². The third kappa shape index (κ3) is 21.6. The molecule has 0 bridgehead atoms. The Bertz CT molecular complexity index is 1580. The molecule has 0 aliphatic heterocycles. The molecule has 18 nitrogen and oxygen atoms in total. The predicted octanol–water partition coefficient (Wildman–Crippen LogP) is 4.64. The molecule has 0 saturated heterocycles. The predicted molar refractivity (Wildman–Crippen MR) is 223 cm³/mol. The molecule has 0 spiro atoms. The number of nitro groups is 1. The van der Waals surface area contributed by atoms with E-state index >= 15 is 0 Å². The number of carbonyl (C=O) groups is 4. The van der Waals surface area contributed by atoms with Crippen LogP contribution >= 0.6 is 11.6 Å². The second-order valence-corrected chi connectivity index (χ2v) is 16.3. The third-order valence-electron chi connectivity index (χ3n) is 8.60. The molecule has 0 saturated carbocycles. The summed E-state index contributed by atoms with van der Waals surface area (Å²) in [4.78, 5) is 67.2. The number of nitrogens with one attached hydrogen (secondary N) is 4. The van der Waals surface area contributed by atoms with Crippen molar-refractivity contribution in [1.82, 2.24) is 30.8 Å². The highest BCUT2D eigenvalue weighted by atomic mass is 35.5. The highest BCUT2D eigenvalue weighted by molar-refractivity contribution is 6.17. The number of alkyl halides is 1. The average molecular weight is 856 g/mol. The minimum Gasteiger partial charge on any atom is -0.444 e. The summed E-state index contributed by atoms with van der Waals surface area (Å²) >= 11 is 5.66. The summed E-state index contributed by atoms with van der Waals surface area (Å²) < 4.78 is 28.9. The van der Waals surface area contributed by atoms with Crippen LogP contribution in [0.4, 0.5) is 10.7 Å². The second kappa shape index (κ2) is 27.6. The van der Waals surface area contributed by atoms with E-state index in [0.29, 0.717) is 49.9 Å².